The number of carbonyl (C=O) groups excluding carboxylic acids is 2. The fraction of sp³-hybridized carbons (Fsp3) is 0.263. The number of carbonyl (C=O) groups is 2. The SMILES string of the molecule is COc1ccc([C@@H](C[N+](=O)[O-])[C@](F)(C(C)=O)C(=O)c2ccccc2)cc1. The van der Waals surface area contributed by atoms with Gasteiger partial charge in [0.05, 0.1) is 13.0 Å². The van der Waals surface area contributed by atoms with Crippen LogP contribution in [0.3, 0.4) is 0 Å². The van der Waals surface area contributed by atoms with E-state index in [2.05, 4.69) is 0 Å². The number of halogens is 1. The Balaban J connectivity index is 2.57. The first-order valence-electron chi connectivity index (χ1n) is 7.86. The van der Waals surface area contributed by atoms with Crippen molar-refractivity contribution in [3.63, 3.8) is 0 Å². The molecule has 6 nitrogen and oxygen atoms in total. The normalized spacial score (nSPS) is 14.1. The van der Waals surface area contributed by atoms with Crippen LogP contribution in [0, 0.1) is 10.1 Å². The topological polar surface area (TPSA) is 86.5 Å². The summed E-state index contributed by atoms with van der Waals surface area (Å²) in [4.78, 5) is 35.3. The summed E-state index contributed by atoms with van der Waals surface area (Å²) in [7, 11) is 1.44. The van der Waals surface area contributed by atoms with Crippen LogP contribution < -0.4 is 4.74 Å². The number of nitrogens with zero attached hydrogens (tertiary/aromatic N) is 1. The Hall–Kier alpha value is -3.09. The number of hydrogen-bond donors (Lipinski definition) is 0. The number of ketones is 2. The number of alkyl halides is 1. The molecule has 136 valence electrons. The van der Waals surface area contributed by atoms with Crippen LogP contribution in [0.15, 0.2) is 54.6 Å². The van der Waals surface area contributed by atoms with Gasteiger partial charge in [0.25, 0.3) is 0 Å². The molecule has 2 rings (SSSR count). The zero-order valence-electron chi connectivity index (χ0n) is 14.3. The molecule has 2 aromatic carbocycles. The number of ether oxygens (including phenoxy) is 1. The van der Waals surface area contributed by atoms with E-state index in [1.165, 1.54) is 55.6 Å². The maximum Gasteiger partial charge on any atom is 0.243 e. The molecule has 0 N–H and O–H groups in total. The smallest absolute Gasteiger partial charge is 0.243 e. The van der Waals surface area contributed by atoms with Gasteiger partial charge >= 0.3 is 0 Å². The van der Waals surface area contributed by atoms with Crippen molar-refractivity contribution in [2.24, 2.45) is 0 Å². The molecule has 0 spiro atoms. The fourth-order valence-electron chi connectivity index (χ4n) is 2.81. The van der Waals surface area contributed by atoms with Gasteiger partial charge in [-0.2, -0.15) is 0 Å². The Labute approximate surface area is 149 Å². The summed E-state index contributed by atoms with van der Waals surface area (Å²) < 4.78 is 20.9. The zero-order valence-corrected chi connectivity index (χ0v) is 14.3. The number of Topliss-reactive ketones (excluding diaryl/α,β-unsaturated/α-hetero) is 2. The second kappa shape index (κ2) is 7.86. The lowest BCUT2D eigenvalue weighted by molar-refractivity contribution is -0.485. The van der Waals surface area contributed by atoms with E-state index in [0.717, 1.165) is 6.92 Å². The lowest BCUT2D eigenvalue weighted by Crippen LogP contribution is -2.49. The monoisotopic (exact) mass is 359 g/mol. The predicted molar refractivity (Wildman–Crippen MR) is 92.9 cm³/mol. The van der Waals surface area contributed by atoms with E-state index < -0.39 is 34.6 Å². The Bertz CT molecular complexity index is 806. The molecule has 0 heterocycles. The second-order valence-corrected chi connectivity index (χ2v) is 5.80. The first kappa shape index (κ1) is 19.2. The molecule has 26 heavy (non-hydrogen) atoms. The van der Waals surface area contributed by atoms with Crippen LogP contribution in [0.4, 0.5) is 4.39 Å². The molecule has 0 aliphatic heterocycles. The van der Waals surface area contributed by atoms with E-state index in [-0.39, 0.29) is 11.1 Å². The average Bonchev–Trinajstić information content (AvgIpc) is 2.65. The van der Waals surface area contributed by atoms with Crippen molar-refractivity contribution < 1.29 is 23.6 Å². The van der Waals surface area contributed by atoms with Crippen molar-refractivity contribution in [1.29, 1.82) is 0 Å². The summed E-state index contributed by atoms with van der Waals surface area (Å²) >= 11 is 0. The maximum atomic E-state index is 15.9. The van der Waals surface area contributed by atoms with Gasteiger partial charge in [0, 0.05) is 10.5 Å². The van der Waals surface area contributed by atoms with Crippen molar-refractivity contribution in [2.75, 3.05) is 13.7 Å². The van der Waals surface area contributed by atoms with Gasteiger partial charge in [-0.25, -0.2) is 4.39 Å². The van der Waals surface area contributed by atoms with E-state index >= 15 is 4.39 Å². The van der Waals surface area contributed by atoms with Crippen molar-refractivity contribution >= 4 is 11.6 Å². The number of nitro groups is 1. The van der Waals surface area contributed by atoms with Gasteiger partial charge in [-0.15, -0.1) is 0 Å². The highest BCUT2D eigenvalue weighted by molar-refractivity contribution is 6.17. The molecule has 0 radical (unpaired) electrons. The predicted octanol–water partition coefficient (Wildman–Crippen LogP) is 3.24. The van der Waals surface area contributed by atoms with E-state index in [0.29, 0.717) is 5.75 Å². The molecule has 0 saturated heterocycles. The van der Waals surface area contributed by atoms with Crippen molar-refractivity contribution in [3.8, 4) is 5.75 Å². The third-order valence-corrected chi connectivity index (χ3v) is 4.21. The Morgan fingerprint density at radius 1 is 1.15 bits per heavy atom. The van der Waals surface area contributed by atoms with Gasteiger partial charge in [-0.1, -0.05) is 42.5 Å². The van der Waals surface area contributed by atoms with Crippen LogP contribution in [-0.4, -0.2) is 35.8 Å². The van der Waals surface area contributed by atoms with Gasteiger partial charge in [-0.3, -0.25) is 19.7 Å². The first-order chi connectivity index (χ1) is 12.3. The van der Waals surface area contributed by atoms with E-state index in [4.69, 9.17) is 4.74 Å². The molecular formula is C19H18FNO5. The summed E-state index contributed by atoms with van der Waals surface area (Å²) in [5.74, 6) is -3.26. The quantitative estimate of drug-likeness (QED) is 0.313. The van der Waals surface area contributed by atoms with Crippen molar-refractivity contribution in [3.05, 3.63) is 75.8 Å². The Morgan fingerprint density at radius 2 is 1.73 bits per heavy atom. The van der Waals surface area contributed by atoms with Gasteiger partial charge in [0.15, 0.2) is 5.78 Å². The Morgan fingerprint density at radius 3 is 2.19 bits per heavy atom. The lowest BCUT2D eigenvalue weighted by Gasteiger charge is -2.28. The molecule has 0 amide bonds. The van der Waals surface area contributed by atoms with Gasteiger partial charge in [-0.05, 0) is 24.6 Å². The number of methoxy groups -OCH3 is 1. The number of hydrogen-bond acceptors (Lipinski definition) is 5. The molecular weight excluding hydrogens is 341 g/mol. The molecule has 0 aromatic heterocycles. The molecule has 2 aromatic rings. The number of benzene rings is 2. The minimum atomic E-state index is -3.05. The van der Waals surface area contributed by atoms with Crippen molar-refractivity contribution in [2.45, 2.75) is 18.5 Å². The summed E-state index contributed by atoms with van der Waals surface area (Å²) in [5, 5.41) is 11.1. The van der Waals surface area contributed by atoms with Crippen LogP contribution >= 0.6 is 0 Å². The summed E-state index contributed by atoms with van der Waals surface area (Å²) in [5.41, 5.74) is -2.90. The largest absolute Gasteiger partial charge is 0.497 e. The summed E-state index contributed by atoms with van der Waals surface area (Å²) in [6, 6.07) is 13.3. The highest BCUT2D eigenvalue weighted by atomic mass is 19.1. The first-order valence-corrected chi connectivity index (χ1v) is 7.86. The molecule has 0 aliphatic carbocycles. The van der Waals surface area contributed by atoms with Crippen LogP contribution in [0.1, 0.15) is 28.8 Å². The molecule has 7 heteroatoms. The highest BCUT2D eigenvalue weighted by Crippen LogP contribution is 2.37. The molecule has 0 bridgehead atoms. The third kappa shape index (κ3) is 3.77. The maximum absolute atomic E-state index is 15.9. The van der Waals surface area contributed by atoms with Gasteiger partial charge in [0.1, 0.15) is 5.75 Å². The summed E-state index contributed by atoms with van der Waals surface area (Å²) in [6.07, 6.45) is 0. The molecule has 0 saturated carbocycles. The molecule has 0 fully saturated rings. The minimum Gasteiger partial charge on any atom is -0.497 e. The van der Waals surface area contributed by atoms with Crippen LogP contribution in [0.25, 0.3) is 0 Å². The van der Waals surface area contributed by atoms with Crippen molar-refractivity contribution in [1.82, 2.24) is 0 Å². The summed E-state index contributed by atoms with van der Waals surface area (Å²) in [6.45, 7) is 0.0261. The molecule has 0 unspecified atom stereocenters. The second-order valence-electron chi connectivity index (χ2n) is 5.80. The van der Waals surface area contributed by atoms with Crippen LogP contribution in [0.2, 0.25) is 0 Å². The Kier molecular flexibility index (Phi) is 5.82. The number of rotatable bonds is 8. The highest BCUT2D eigenvalue weighted by Gasteiger charge is 2.53. The third-order valence-electron chi connectivity index (χ3n) is 4.21. The van der Waals surface area contributed by atoms with E-state index in [1.54, 1.807) is 6.07 Å². The molecule has 0 aliphatic rings. The molecule has 2 atom stereocenters. The van der Waals surface area contributed by atoms with E-state index in [9.17, 15) is 19.7 Å². The lowest BCUT2D eigenvalue weighted by atomic mass is 9.76. The fourth-order valence-corrected chi connectivity index (χ4v) is 2.81. The standard InChI is InChI=1S/C19H18FNO5/c1-13(22)19(20,18(23)15-6-4-3-5-7-15)17(12-21(24)25)14-8-10-16(26-2)11-9-14/h3-11,17H,12H2,1-2H3/t17-,19-/m1/s1. The average molecular weight is 359 g/mol. The van der Waals surface area contributed by atoms with Crippen LogP contribution in [-0.2, 0) is 4.79 Å². The zero-order chi connectivity index (χ0) is 19.3. The van der Waals surface area contributed by atoms with Crippen LogP contribution in [0.5, 0.6) is 5.75 Å². The van der Waals surface area contributed by atoms with Gasteiger partial charge < -0.3 is 4.74 Å². The van der Waals surface area contributed by atoms with Gasteiger partial charge in [0.2, 0.25) is 18.0 Å². The van der Waals surface area contributed by atoms with E-state index in [1.807, 2.05) is 0 Å². The minimum absolute atomic E-state index is 0.0212.